The molecule has 0 aliphatic carbocycles. The number of carbonyl (C=O) groups is 1. The number of hydrogen-bond acceptors (Lipinski definition) is 5. The molecule has 0 aliphatic heterocycles. The maximum absolute atomic E-state index is 11.2. The molecule has 0 aromatic rings. The van der Waals surface area contributed by atoms with Crippen LogP contribution in [-0.4, -0.2) is 64.2 Å². The Hall–Kier alpha value is -0.690. The van der Waals surface area contributed by atoms with Gasteiger partial charge in [0, 0.05) is 26.8 Å². The van der Waals surface area contributed by atoms with Crippen LogP contribution in [0.15, 0.2) is 0 Å². The zero-order valence-electron chi connectivity index (χ0n) is 9.83. The first-order valence-electron chi connectivity index (χ1n) is 5.46. The molecule has 96 valence electrons. The molecule has 0 aromatic carbocycles. The average molecular weight is 234 g/mol. The van der Waals surface area contributed by atoms with Gasteiger partial charge in [-0.2, -0.15) is 0 Å². The highest BCUT2D eigenvalue weighted by Crippen LogP contribution is 1.80. The maximum atomic E-state index is 11.2. The minimum atomic E-state index is -0.0294. The van der Waals surface area contributed by atoms with Crippen molar-refractivity contribution in [1.29, 1.82) is 0 Å². The topological polar surface area (TPSA) is 79.8 Å². The molecule has 16 heavy (non-hydrogen) atoms. The zero-order chi connectivity index (χ0) is 12.1. The third kappa shape index (κ3) is 11.4. The van der Waals surface area contributed by atoms with Crippen molar-refractivity contribution >= 4 is 5.91 Å². The fourth-order valence-electron chi connectivity index (χ4n) is 1.01. The highest BCUT2D eigenvalue weighted by atomic mass is 16.5. The molecule has 0 saturated heterocycles. The largest absolute Gasteiger partial charge is 0.394 e. The fraction of sp³-hybridized carbons (Fsp3) is 0.900. The lowest BCUT2D eigenvalue weighted by molar-refractivity contribution is -0.120. The summed E-state index contributed by atoms with van der Waals surface area (Å²) in [6, 6.07) is 0. The van der Waals surface area contributed by atoms with Crippen molar-refractivity contribution in [1.82, 2.24) is 10.6 Å². The Morgan fingerprint density at radius 2 is 2.06 bits per heavy atom. The van der Waals surface area contributed by atoms with Gasteiger partial charge in [-0.05, 0) is 6.42 Å². The van der Waals surface area contributed by atoms with Gasteiger partial charge in [0.05, 0.1) is 26.4 Å². The Balaban J connectivity index is 3.11. The van der Waals surface area contributed by atoms with E-state index in [2.05, 4.69) is 10.6 Å². The molecular formula is C10H22N2O4. The van der Waals surface area contributed by atoms with Crippen LogP contribution in [0.5, 0.6) is 0 Å². The van der Waals surface area contributed by atoms with Crippen LogP contribution in [0.25, 0.3) is 0 Å². The van der Waals surface area contributed by atoms with E-state index in [0.29, 0.717) is 39.5 Å². The van der Waals surface area contributed by atoms with Crippen molar-refractivity contribution in [3.8, 4) is 0 Å². The summed E-state index contributed by atoms with van der Waals surface area (Å²) in [6.07, 6.45) is 0.754. The third-order valence-electron chi connectivity index (χ3n) is 1.79. The Bertz CT molecular complexity index is 167. The van der Waals surface area contributed by atoms with Gasteiger partial charge >= 0.3 is 0 Å². The standard InChI is InChI=1S/C10H22N2O4/c1-15-7-4-11-9-10(14)12-3-2-6-16-8-5-13/h11,13H,2-9H2,1H3,(H,12,14). The molecule has 6 heteroatoms. The highest BCUT2D eigenvalue weighted by Gasteiger charge is 1.98. The normalized spacial score (nSPS) is 10.4. The first kappa shape index (κ1) is 15.3. The first-order valence-corrected chi connectivity index (χ1v) is 5.46. The molecule has 0 unspecified atom stereocenters. The molecule has 1 amide bonds. The Kier molecular flexibility index (Phi) is 11.8. The summed E-state index contributed by atoms with van der Waals surface area (Å²) in [7, 11) is 1.62. The number of amides is 1. The van der Waals surface area contributed by atoms with Crippen molar-refractivity contribution in [3.05, 3.63) is 0 Å². The molecule has 0 heterocycles. The van der Waals surface area contributed by atoms with Crippen LogP contribution in [0.3, 0.4) is 0 Å². The summed E-state index contributed by atoms with van der Waals surface area (Å²) in [4.78, 5) is 11.2. The monoisotopic (exact) mass is 234 g/mol. The number of ether oxygens (including phenoxy) is 2. The highest BCUT2D eigenvalue weighted by molar-refractivity contribution is 5.77. The Labute approximate surface area is 96.3 Å². The second kappa shape index (κ2) is 12.4. The van der Waals surface area contributed by atoms with Crippen LogP contribution in [0.2, 0.25) is 0 Å². The van der Waals surface area contributed by atoms with E-state index in [4.69, 9.17) is 14.6 Å². The van der Waals surface area contributed by atoms with Crippen LogP contribution < -0.4 is 10.6 Å². The number of aliphatic hydroxyl groups is 1. The van der Waals surface area contributed by atoms with E-state index in [1.165, 1.54) is 0 Å². The molecule has 3 N–H and O–H groups in total. The zero-order valence-corrected chi connectivity index (χ0v) is 9.83. The summed E-state index contributed by atoms with van der Waals surface area (Å²) in [5.74, 6) is -0.0294. The van der Waals surface area contributed by atoms with E-state index >= 15 is 0 Å². The van der Waals surface area contributed by atoms with Crippen molar-refractivity contribution in [3.63, 3.8) is 0 Å². The van der Waals surface area contributed by atoms with Crippen molar-refractivity contribution in [2.24, 2.45) is 0 Å². The molecule has 6 nitrogen and oxygen atoms in total. The number of methoxy groups -OCH3 is 1. The van der Waals surface area contributed by atoms with Crippen LogP contribution in [-0.2, 0) is 14.3 Å². The second-order valence-corrected chi connectivity index (χ2v) is 3.21. The lowest BCUT2D eigenvalue weighted by atomic mass is 10.4. The number of nitrogens with one attached hydrogen (secondary N) is 2. The lowest BCUT2D eigenvalue weighted by Crippen LogP contribution is -2.35. The Morgan fingerprint density at radius 3 is 2.75 bits per heavy atom. The molecule has 0 aromatic heterocycles. The van der Waals surface area contributed by atoms with E-state index in [1.807, 2.05) is 0 Å². The van der Waals surface area contributed by atoms with E-state index < -0.39 is 0 Å². The smallest absolute Gasteiger partial charge is 0.233 e. The molecule has 0 radical (unpaired) electrons. The minimum absolute atomic E-state index is 0.0294. The van der Waals surface area contributed by atoms with Gasteiger partial charge in [0.15, 0.2) is 0 Å². The van der Waals surface area contributed by atoms with Gasteiger partial charge in [0.1, 0.15) is 0 Å². The number of carbonyl (C=O) groups excluding carboxylic acids is 1. The fourth-order valence-corrected chi connectivity index (χ4v) is 1.01. The van der Waals surface area contributed by atoms with Gasteiger partial charge in [-0.25, -0.2) is 0 Å². The van der Waals surface area contributed by atoms with Gasteiger partial charge in [-0.1, -0.05) is 0 Å². The van der Waals surface area contributed by atoms with Crippen LogP contribution in [0.1, 0.15) is 6.42 Å². The summed E-state index contributed by atoms with van der Waals surface area (Å²) in [5.41, 5.74) is 0. The summed E-state index contributed by atoms with van der Waals surface area (Å²) < 4.78 is 9.87. The van der Waals surface area contributed by atoms with E-state index in [9.17, 15) is 4.79 Å². The van der Waals surface area contributed by atoms with E-state index in [1.54, 1.807) is 7.11 Å². The predicted octanol–water partition coefficient (Wildman–Crippen LogP) is -1.26. The number of aliphatic hydroxyl groups excluding tert-OH is 1. The molecule has 0 bridgehead atoms. The summed E-state index contributed by atoms with van der Waals surface area (Å²) in [6.45, 7) is 3.11. The average Bonchev–Trinajstić information content (AvgIpc) is 2.29. The van der Waals surface area contributed by atoms with Gasteiger partial charge in [0.2, 0.25) is 5.91 Å². The molecule has 0 saturated carbocycles. The van der Waals surface area contributed by atoms with Crippen molar-refractivity contribution in [2.45, 2.75) is 6.42 Å². The second-order valence-electron chi connectivity index (χ2n) is 3.21. The van der Waals surface area contributed by atoms with Gasteiger partial charge in [-0.3, -0.25) is 4.79 Å². The van der Waals surface area contributed by atoms with Crippen LogP contribution >= 0.6 is 0 Å². The first-order chi connectivity index (χ1) is 7.81. The summed E-state index contributed by atoms with van der Waals surface area (Å²) >= 11 is 0. The van der Waals surface area contributed by atoms with E-state index in [-0.39, 0.29) is 12.5 Å². The van der Waals surface area contributed by atoms with Gasteiger partial charge in [0.25, 0.3) is 0 Å². The molecule has 0 atom stereocenters. The maximum Gasteiger partial charge on any atom is 0.233 e. The lowest BCUT2D eigenvalue weighted by Gasteiger charge is -2.06. The minimum Gasteiger partial charge on any atom is -0.394 e. The quantitative estimate of drug-likeness (QED) is 0.389. The van der Waals surface area contributed by atoms with Gasteiger partial charge in [-0.15, -0.1) is 0 Å². The molecule has 0 rings (SSSR count). The summed E-state index contributed by atoms with van der Waals surface area (Å²) in [5, 5.41) is 14.1. The Morgan fingerprint density at radius 1 is 1.25 bits per heavy atom. The number of hydrogen-bond donors (Lipinski definition) is 3. The van der Waals surface area contributed by atoms with Crippen molar-refractivity contribution in [2.75, 3.05) is 53.2 Å². The van der Waals surface area contributed by atoms with Crippen LogP contribution in [0.4, 0.5) is 0 Å². The molecule has 0 aliphatic rings. The third-order valence-corrected chi connectivity index (χ3v) is 1.79. The van der Waals surface area contributed by atoms with E-state index in [0.717, 1.165) is 6.42 Å². The van der Waals surface area contributed by atoms with Crippen LogP contribution in [0, 0.1) is 0 Å². The number of rotatable bonds is 11. The predicted molar refractivity (Wildman–Crippen MR) is 60.3 cm³/mol. The molecular weight excluding hydrogens is 212 g/mol. The SMILES string of the molecule is COCCNCC(=O)NCCCOCCO. The molecule has 0 spiro atoms. The molecule has 0 fully saturated rings. The van der Waals surface area contributed by atoms with Crippen molar-refractivity contribution < 1.29 is 19.4 Å². The van der Waals surface area contributed by atoms with Gasteiger partial charge < -0.3 is 25.2 Å².